The van der Waals surface area contributed by atoms with Gasteiger partial charge in [-0.15, -0.1) is 0 Å². The summed E-state index contributed by atoms with van der Waals surface area (Å²) in [6, 6.07) is 14.3. The normalized spacial score (nSPS) is 12.3. The Labute approximate surface area is 201 Å². The van der Waals surface area contributed by atoms with E-state index in [1.165, 1.54) is 6.08 Å². The Morgan fingerprint density at radius 1 is 1.12 bits per heavy atom. The minimum absolute atomic E-state index is 0.0848. The Bertz CT molecular complexity index is 929. The molecular formula is C24H29BrN2O6. The van der Waals surface area contributed by atoms with Crippen molar-refractivity contribution >= 4 is 33.6 Å². The van der Waals surface area contributed by atoms with Crippen LogP contribution in [0.15, 0.2) is 65.2 Å². The van der Waals surface area contributed by atoms with Crippen LogP contribution in [0.25, 0.3) is 0 Å². The van der Waals surface area contributed by atoms with Crippen LogP contribution in [0.3, 0.4) is 0 Å². The summed E-state index contributed by atoms with van der Waals surface area (Å²) >= 11 is 3.36. The molecule has 0 saturated heterocycles. The van der Waals surface area contributed by atoms with Crippen molar-refractivity contribution in [1.82, 2.24) is 5.48 Å². The third-order valence-corrected chi connectivity index (χ3v) is 5.43. The van der Waals surface area contributed by atoms with Gasteiger partial charge in [-0.2, -0.15) is 0 Å². The molecule has 0 saturated carbocycles. The van der Waals surface area contributed by atoms with E-state index in [9.17, 15) is 9.59 Å². The minimum Gasteiger partial charge on any atom is -0.491 e. The molecule has 8 nitrogen and oxygen atoms in total. The second-order valence-corrected chi connectivity index (χ2v) is 8.88. The molecule has 9 heteroatoms. The number of allylic oxidation sites excluding steroid dienone is 1. The molecule has 0 unspecified atom stereocenters. The first-order valence-corrected chi connectivity index (χ1v) is 11.2. The maximum absolute atomic E-state index is 12.7. The average Bonchev–Trinajstić information content (AvgIpc) is 2.80. The number of anilines is 1. The SMILES string of the molecule is CC(C)(CC/C=C/C(=O)NO)[C@@H](OC(=O)Nc1ccc(Br)cc1)c1ccc(OCCO)cc1. The average molecular weight is 521 g/mol. The number of aliphatic hydroxyl groups is 1. The molecule has 0 radical (unpaired) electrons. The van der Waals surface area contributed by atoms with Crippen molar-refractivity contribution in [3.63, 3.8) is 0 Å². The summed E-state index contributed by atoms with van der Waals surface area (Å²) in [5.41, 5.74) is 2.43. The number of nitrogens with one attached hydrogen (secondary N) is 2. The van der Waals surface area contributed by atoms with Gasteiger partial charge >= 0.3 is 6.09 Å². The van der Waals surface area contributed by atoms with Gasteiger partial charge in [0.1, 0.15) is 18.5 Å². The van der Waals surface area contributed by atoms with Gasteiger partial charge < -0.3 is 14.6 Å². The van der Waals surface area contributed by atoms with Crippen LogP contribution in [0.4, 0.5) is 10.5 Å². The van der Waals surface area contributed by atoms with E-state index in [1.54, 1.807) is 35.8 Å². The number of carbonyl (C=O) groups excluding carboxylic acids is 2. The highest BCUT2D eigenvalue weighted by Gasteiger charge is 2.34. The number of halogens is 1. The summed E-state index contributed by atoms with van der Waals surface area (Å²) in [4.78, 5) is 23.9. The van der Waals surface area contributed by atoms with E-state index < -0.39 is 23.5 Å². The molecule has 0 aliphatic carbocycles. The van der Waals surface area contributed by atoms with E-state index in [4.69, 9.17) is 19.8 Å². The molecule has 0 bridgehead atoms. The standard InChI is InChI=1S/C24H29BrN2O6/c1-24(2,14-4-3-5-21(29)27-31)22(17-6-12-20(13-7-17)32-16-15-28)33-23(30)26-19-10-8-18(25)9-11-19/h3,5-13,22,28,31H,4,14-16H2,1-2H3,(H,26,30)(H,27,29)/b5-3+/t22-/m0/s1. The topological polar surface area (TPSA) is 117 Å². The molecule has 1 atom stereocenters. The monoisotopic (exact) mass is 520 g/mol. The van der Waals surface area contributed by atoms with Crippen LogP contribution in [-0.2, 0) is 9.53 Å². The Kier molecular flexibility index (Phi) is 10.4. The van der Waals surface area contributed by atoms with Crippen molar-refractivity contribution in [2.45, 2.75) is 32.8 Å². The first-order chi connectivity index (χ1) is 15.7. The van der Waals surface area contributed by atoms with E-state index in [2.05, 4.69) is 21.2 Å². The molecule has 0 heterocycles. The molecule has 2 aromatic carbocycles. The Balaban J connectivity index is 2.18. The lowest BCUT2D eigenvalue weighted by atomic mass is 9.78. The van der Waals surface area contributed by atoms with Crippen LogP contribution in [0.1, 0.15) is 38.4 Å². The van der Waals surface area contributed by atoms with E-state index in [-0.39, 0.29) is 13.2 Å². The predicted molar refractivity (Wildman–Crippen MR) is 128 cm³/mol. The van der Waals surface area contributed by atoms with Crippen LogP contribution < -0.4 is 15.5 Å². The number of ether oxygens (including phenoxy) is 2. The Hall–Kier alpha value is -2.88. The zero-order valence-electron chi connectivity index (χ0n) is 18.6. The lowest BCUT2D eigenvalue weighted by Crippen LogP contribution is -2.29. The largest absolute Gasteiger partial charge is 0.491 e. The van der Waals surface area contributed by atoms with Gasteiger partial charge in [0.2, 0.25) is 0 Å². The molecule has 2 aromatic rings. The number of amides is 2. The molecule has 2 amide bonds. The van der Waals surface area contributed by atoms with Gasteiger partial charge in [0.15, 0.2) is 0 Å². The van der Waals surface area contributed by atoms with Crippen LogP contribution >= 0.6 is 15.9 Å². The van der Waals surface area contributed by atoms with Crippen molar-refractivity contribution in [2.24, 2.45) is 5.41 Å². The van der Waals surface area contributed by atoms with Gasteiger partial charge in [-0.05, 0) is 54.8 Å². The highest BCUT2D eigenvalue weighted by Crippen LogP contribution is 2.41. The number of hydrogen-bond acceptors (Lipinski definition) is 6. The van der Waals surface area contributed by atoms with Gasteiger partial charge in [-0.3, -0.25) is 15.3 Å². The molecule has 0 aliphatic heterocycles. The van der Waals surface area contributed by atoms with Crippen molar-refractivity contribution < 1.29 is 29.4 Å². The number of carbonyl (C=O) groups is 2. The maximum Gasteiger partial charge on any atom is 0.412 e. The van der Waals surface area contributed by atoms with Crippen molar-refractivity contribution in [3.05, 3.63) is 70.7 Å². The molecule has 0 aromatic heterocycles. The Morgan fingerprint density at radius 2 is 1.79 bits per heavy atom. The Morgan fingerprint density at radius 3 is 2.39 bits per heavy atom. The summed E-state index contributed by atoms with van der Waals surface area (Å²) < 4.78 is 12.2. The van der Waals surface area contributed by atoms with Crippen molar-refractivity contribution in [3.8, 4) is 5.75 Å². The van der Waals surface area contributed by atoms with E-state index in [0.29, 0.717) is 24.3 Å². The van der Waals surface area contributed by atoms with Crippen LogP contribution in [0.5, 0.6) is 5.75 Å². The molecule has 0 fully saturated rings. The fourth-order valence-corrected chi connectivity index (χ4v) is 3.45. The van der Waals surface area contributed by atoms with Gasteiger partial charge in [0, 0.05) is 21.7 Å². The second-order valence-electron chi connectivity index (χ2n) is 7.96. The number of aliphatic hydroxyl groups excluding tert-OH is 1. The molecule has 178 valence electrons. The summed E-state index contributed by atoms with van der Waals surface area (Å²) in [6.45, 7) is 4.05. The number of benzene rings is 2. The molecular weight excluding hydrogens is 492 g/mol. The van der Waals surface area contributed by atoms with Gasteiger partial charge in [-0.25, -0.2) is 10.3 Å². The van der Waals surface area contributed by atoms with Crippen molar-refractivity contribution in [1.29, 1.82) is 0 Å². The molecule has 33 heavy (non-hydrogen) atoms. The predicted octanol–water partition coefficient (Wildman–Crippen LogP) is 4.98. The minimum atomic E-state index is -0.604. The molecule has 2 rings (SSSR count). The van der Waals surface area contributed by atoms with Crippen LogP contribution in [-0.4, -0.2) is 35.5 Å². The lowest BCUT2D eigenvalue weighted by molar-refractivity contribution is -0.124. The quantitative estimate of drug-likeness (QED) is 0.188. The molecule has 0 spiro atoms. The van der Waals surface area contributed by atoms with Gasteiger partial charge in [0.25, 0.3) is 5.91 Å². The van der Waals surface area contributed by atoms with Crippen molar-refractivity contribution in [2.75, 3.05) is 18.5 Å². The third-order valence-electron chi connectivity index (χ3n) is 4.90. The third kappa shape index (κ3) is 8.88. The first-order valence-electron chi connectivity index (χ1n) is 10.4. The fraction of sp³-hybridized carbons (Fsp3) is 0.333. The maximum atomic E-state index is 12.7. The summed E-state index contributed by atoms with van der Waals surface area (Å²) in [6.07, 6.45) is 2.84. The van der Waals surface area contributed by atoms with E-state index in [0.717, 1.165) is 10.0 Å². The number of hydroxylamine groups is 1. The summed E-state index contributed by atoms with van der Waals surface area (Å²) in [7, 11) is 0. The van der Waals surface area contributed by atoms with Crippen LogP contribution in [0, 0.1) is 5.41 Å². The number of rotatable bonds is 11. The van der Waals surface area contributed by atoms with Gasteiger partial charge in [-0.1, -0.05) is 48.0 Å². The van der Waals surface area contributed by atoms with Gasteiger partial charge in [0.05, 0.1) is 6.61 Å². The summed E-state index contributed by atoms with van der Waals surface area (Å²) in [5.74, 6) is -0.00503. The zero-order chi connectivity index (χ0) is 24.3. The summed E-state index contributed by atoms with van der Waals surface area (Å²) in [5, 5.41) is 20.3. The highest BCUT2D eigenvalue weighted by atomic mass is 79.9. The first kappa shape index (κ1) is 26.4. The molecule has 4 N–H and O–H groups in total. The molecule has 0 aliphatic rings. The number of hydrogen-bond donors (Lipinski definition) is 4. The lowest BCUT2D eigenvalue weighted by Gasteiger charge is -2.34. The van der Waals surface area contributed by atoms with E-state index in [1.807, 2.05) is 38.1 Å². The second kappa shape index (κ2) is 13.0. The van der Waals surface area contributed by atoms with Crippen LogP contribution in [0.2, 0.25) is 0 Å². The smallest absolute Gasteiger partial charge is 0.412 e. The van der Waals surface area contributed by atoms with E-state index >= 15 is 0 Å². The zero-order valence-corrected chi connectivity index (χ0v) is 20.2. The highest BCUT2D eigenvalue weighted by molar-refractivity contribution is 9.10. The fourth-order valence-electron chi connectivity index (χ4n) is 3.18.